The molecule has 0 spiro atoms. The van der Waals surface area contributed by atoms with Gasteiger partial charge in [0.1, 0.15) is 5.75 Å². The first-order valence-corrected chi connectivity index (χ1v) is 4.93. The Morgan fingerprint density at radius 2 is 1.94 bits per heavy atom. The van der Waals surface area contributed by atoms with Crippen molar-refractivity contribution >= 4 is 0 Å². The number of nitrogens with zero attached hydrogens (tertiary/aromatic N) is 2. The molecule has 0 N–H and O–H groups in total. The van der Waals surface area contributed by atoms with E-state index in [9.17, 15) is 0 Å². The topological polar surface area (TPSA) is 27.1 Å². The summed E-state index contributed by atoms with van der Waals surface area (Å²) in [5.74, 6) is 7.65. The molecule has 1 heterocycles. The van der Waals surface area contributed by atoms with E-state index in [-0.39, 0.29) is 0 Å². The third-order valence-corrected chi connectivity index (χ3v) is 2.23. The minimum Gasteiger partial charge on any atom is -0.497 e. The molecule has 0 bridgehead atoms. The molecule has 0 radical (unpaired) electrons. The highest BCUT2D eigenvalue weighted by molar-refractivity contribution is 5.41. The van der Waals surface area contributed by atoms with Gasteiger partial charge in [0.2, 0.25) is 0 Å². The number of methoxy groups -OCH3 is 1. The summed E-state index contributed by atoms with van der Waals surface area (Å²) < 4.78 is 6.96. The Morgan fingerprint density at radius 1 is 1.19 bits per heavy atom. The van der Waals surface area contributed by atoms with Crippen molar-refractivity contribution in [3.63, 3.8) is 0 Å². The van der Waals surface area contributed by atoms with Gasteiger partial charge in [0, 0.05) is 25.0 Å². The van der Waals surface area contributed by atoms with Crippen molar-refractivity contribution in [3.05, 3.63) is 48.0 Å². The zero-order valence-corrected chi connectivity index (χ0v) is 9.27. The molecule has 3 heteroatoms. The number of hydrogen-bond acceptors (Lipinski definition) is 2. The van der Waals surface area contributed by atoms with Crippen molar-refractivity contribution in [3.8, 4) is 17.6 Å². The van der Waals surface area contributed by atoms with Crippen LogP contribution in [0.1, 0.15) is 11.4 Å². The molecule has 0 unspecified atom stereocenters. The maximum absolute atomic E-state index is 5.07. The molecular weight excluding hydrogens is 200 g/mol. The molecule has 0 atom stereocenters. The Hall–Kier alpha value is -2.21. The Labute approximate surface area is 94.7 Å². The van der Waals surface area contributed by atoms with Crippen LogP contribution in [-0.2, 0) is 7.05 Å². The maximum atomic E-state index is 5.07. The van der Waals surface area contributed by atoms with Crippen LogP contribution in [0.4, 0.5) is 0 Å². The second-order valence-electron chi connectivity index (χ2n) is 3.34. The molecule has 0 amide bonds. The van der Waals surface area contributed by atoms with Gasteiger partial charge in [0.15, 0.2) is 5.82 Å². The fourth-order valence-corrected chi connectivity index (χ4v) is 1.29. The van der Waals surface area contributed by atoms with E-state index in [0.717, 1.165) is 17.1 Å². The van der Waals surface area contributed by atoms with Gasteiger partial charge in [0.25, 0.3) is 0 Å². The lowest BCUT2D eigenvalue weighted by atomic mass is 10.2. The molecule has 0 saturated carbocycles. The lowest BCUT2D eigenvalue weighted by Gasteiger charge is -1.97. The van der Waals surface area contributed by atoms with Gasteiger partial charge in [-0.1, -0.05) is 5.92 Å². The highest BCUT2D eigenvalue weighted by Crippen LogP contribution is 2.10. The van der Waals surface area contributed by atoms with Crippen LogP contribution in [0, 0.1) is 11.8 Å². The summed E-state index contributed by atoms with van der Waals surface area (Å²) in [6.07, 6.45) is 3.61. The average Bonchev–Trinajstić information content (AvgIpc) is 2.73. The van der Waals surface area contributed by atoms with Gasteiger partial charge < -0.3 is 9.30 Å². The third kappa shape index (κ3) is 2.23. The van der Waals surface area contributed by atoms with Crippen molar-refractivity contribution in [2.75, 3.05) is 7.11 Å². The van der Waals surface area contributed by atoms with Crippen molar-refractivity contribution in [2.45, 2.75) is 0 Å². The largest absolute Gasteiger partial charge is 0.497 e. The molecule has 3 nitrogen and oxygen atoms in total. The number of benzene rings is 1. The number of aromatic nitrogens is 2. The third-order valence-electron chi connectivity index (χ3n) is 2.23. The summed E-state index contributed by atoms with van der Waals surface area (Å²) in [5, 5.41) is 0. The maximum Gasteiger partial charge on any atom is 0.185 e. The molecule has 0 aliphatic rings. The second-order valence-corrected chi connectivity index (χ2v) is 3.34. The molecule has 2 aromatic rings. The van der Waals surface area contributed by atoms with Gasteiger partial charge in [-0.15, -0.1) is 0 Å². The quantitative estimate of drug-likeness (QED) is 0.674. The van der Waals surface area contributed by atoms with Crippen molar-refractivity contribution in [1.82, 2.24) is 9.55 Å². The minimum absolute atomic E-state index is 0.760. The molecule has 1 aromatic carbocycles. The van der Waals surface area contributed by atoms with E-state index in [2.05, 4.69) is 16.8 Å². The number of hydrogen-bond donors (Lipinski definition) is 0. The van der Waals surface area contributed by atoms with Gasteiger partial charge >= 0.3 is 0 Å². The zero-order chi connectivity index (χ0) is 11.4. The number of rotatable bonds is 1. The van der Waals surface area contributed by atoms with Crippen LogP contribution in [-0.4, -0.2) is 16.7 Å². The van der Waals surface area contributed by atoms with Gasteiger partial charge in [-0.05, 0) is 30.2 Å². The Kier molecular flexibility index (Phi) is 2.93. The summed E-state index contributed by atoms with van der Waals surface area (Å²) in [6, 6.07) is 7.63. The van der Waals surface area contributed by atoms with Crippen LogP contribution < -0.4 is 4.74 Å². The summed E-state index contributed by atoms with van der Waals surface area (Å²) in [5.41, 5.74) is 0.948. The lowest BCUT2D eigenvalue weighted by Crippen LogP contribution is -1.90. The van der Waals surface area contributed by atoms with Crippen LogP contribution in [0.5, 0.6) is 5.75 Å². The summed E-state index contributed by atoms with van der Waals surface area (Å²) >= 11 is 0. The van der Waals surface area contributed by atoms with E-state index >= 15 is 0 Å². The molecule has 2 rings (SSSR count). The molecule has 80 valence electrons. The van der Waals surface area contributed by atoms with Gasteiger partial charge in [-0.2, -0.15) is 0 Å². The highest BCUT2D eigenvalue weighted by atomic mass is 16.5. The summed E-state index contributed by atoms with van der Waals surface area (Å²) in [7, 11) is 3.57. The number of aryl methyl sites for hydroxylation is 1. The Bertz CT molecular complexity index is 529. The Balaban J connectivity index is 2.21. The molecule has 0 saturated heterocycles. The molecule has 0 aliphatic heterocycles. The zero-order valence-electron chi connectivity index (χ0n) is 9.27. The average molecular weight is 212 g/mol. The number of imidazole rings is 1. The highest BCUT2D eigenvalue weighted by Gasteiger charge is 1.93. The van der Waals surface area contributed by atoms with Crippen molar-refractivity contribution in [2.24, 2.45) is 7.05 Å². The standard InChI is InChI=1S/C13H12N2O/c1-15-10-9-14-13(15)8-5-11-3-6-12(16-2)7-4-11/h3-4,6-7,9-10H,1-2H3. The molecule has 0 aliphatic carbocycles. The fourth-order valence-electron chi connectivity index (χ4n) is 1.29. The first-order chi connectivity index (χ1) is 7.79. The summed E-state index contributed by atoms with van der Waals surface area (Å²) in [6.45, 7) is 0. The van der Waals surface area contributed by atoms with E-state index in [1.54, 1.807) is 13.3 Å². The fraction of sp³-hybridized carbons (Fsp3) is 0.154. The molecule has 16 heavy (non-hydrogen) atoms. The van der Waals surface area contributed by atoms with E-state index in [1.807, 2.05) is 42.1 Å². The first kappa shape index (κ1) is 10.3. The van der Waals surface area contributed by atoms with Crippen LogP contribution in [0.25, 0.3) is 0 Å². The first-order valence-electron chi connectivity index (χ1n) is 4.93. The van der Waals surface area contributed by atoms with E-state index in [0.29, 0.717) is 0 Å². The van der Waals surface area contributed by atoms with E-state index in [4.69, 9.17) is 4.74 Å². The summed E-state index contributed by atoms with van der Waals surface area (Å²) in [4.78, 5) is 4.13. The lowest BCUT2D eigenvalue weighted by molar-refractivity contribution is 0.415. The molecular formula is C13H12N2O. The Morgan fingerprint density at radius 3 is 2.50 bits per heavy atom. The van der Waals surface area contributed by atoms with Gasteiger partial charge in [-0.25, -0.2) is 4.98 Å². The van der Waals surface area contributed by atoms with E-state index in [1.165, 1.54) is 0 Å². The van der Waals surface area contributed by atoms with Crippen molar-refractivity contribution < 1.29 is 4.74 Å². The molecule has 0 fully saturated rings. The predicted octanol–water partition coefficient (Wildman–Crippen LogP) is 1.83. The molecule has 1 aromatic heterocycles. The predicted molar refractivity (Wildman–Crippen MR) is 62.2 cm³/mol. The van der Waals surface area contributed by atoms with E-state index < -0.39 is 0 Å². The van der Waals surface area contributed by atoms with Gasteiger partial charge in [-0.3, -0.25) is 0 Å². The van der Waals surface area contributed by atoms with Crippen LogP contribution in [0.15, 0.2) is 36.7 Å². The smallest absolute Gasteiger partial charge is 0.185 e. The normalized spacial score (nSPS) is 9.38. The van der Waals surface area contributed by atoms with Crippen molar-refractivity contribution in [1.29, 1.82) is 0 Å². The minimum atomic E-state index is 0.760. The second kappa shape index (κ2) is 4.54. The van der Waals surface area contributed by atoms with Crippen LogP contribution >= 0.6 is 0 Å². The SMILES string of the molecule is COc1ccc(C#Cc2nccn2C)cc1. The van der Waals surface area contributed by atoms with Crippen LogP contribution in [0.3, 0.4) is 0 Å². The van der Waals surface area contributed by atoms with Crippen LogP contribution in [0.2, 0.25) is 0 Å². The number of ether oxygens (including phenoxy) is 1. The van der Waals surface area contributed by atoms with Gasteiger partial charge in [0.05, 0.1) is 7.11 Å². The monoisotopic (exact) mass is 212 g/mol.